The van der Waals surface area contributed by atoms with E-state index in [0.29, 0.717) is 36.4 Å². The lowest BCUT2D eigenvalue weighted by Gasteiger charge is -2.40. The number of piperidine rings is 2. The van der Waals surface area contributed by atoms with Crippen molar-refractivity contribution in [2.45, 2.75) is 51.1 Å². The molecule has 0 saturated carbocycles. The van der Waals surface area contributed by atoms with Gasteiger partial charge in [0.15, 0.2) is 0 Å². The van der Waals surface area contributed by atoms with Crippen LogP contribution in [0.1, 0.15) is 59.1 Å². The first-order valence-electron chi connectivity index (χ1n) is 11.5. The third kappa shape index (κ3) is 5.04. The summed E-state index contributed by atoms with van der Waals surface area (Å²) in [5.41, 5.74) is 0.687. The van der Waals surface area contributed by atoms with Gasteiger partial charge in [0.05, 0.1) is 4.88 Å². The summed E-state index contributed by atoms with van der Waals surface area (Å²) >= 11 is 1.38. The summed E-state index contributed by atoms with van der Waals surface area (Å²) in [4.78, 5) is 43.7. The number of hydrogen-bond acceptors (Lipinski definition) is 4. The van der Waals surface area contributed by atoms with Gasteiger partial charge in [0, 0.05) is 31.2 Å². The van der Waals surface area contributed by atoms with Crippen LogP contribution in [-0.4, -0.2) is 59.2 Å². The van der Waals surface area contributed by atoms with E-state index >= 15 is 0 Å². The molecule has 1 N–H and O–H groups in total. The van der Waals surface area contributed by atoms with Gasteiger partial charge in [0.1, 0.15) is 6.04 Å². The molecule has 2 fully saturated rings. The molecule has 3 amide bonds. The lowest BCUT2D eigenvalue weighted by Crippen LogP contribution is -2.57. The number of carbonyl (C=O) groups excluding carboxylic acids is 3. The van der Waals surface area contributed by atoms with Crippen LogP contribution in [-0.2, 0) is 4.79 Å². The van der Waals surface area contributed by atoms with Crippen LogP contribution in [0.15, 0.2) is 47.8 Å². The molecule has 0 bridgehead atoms. The number of rotatable bonds is 5. The first-order chi connectivity index (χ1) is 15.5. The summed E-state index contributed by atoms with van der Waals surface area (Å²) in [6, 6.07) is 12.6. The highest BCUT2D eigenvalue weighted by Crippen LogP contribution is 2.26. The SMILES string of the molecule is CC1CCCCN1C(=O)C(NC(=O)c1cccs1)C1CCN(C(=O)c2ccccc2)CC1. The summed E-state index contributed by atoms with van der Waals surface area (Å²) in [6.07, 6.45) is 4.54. The van der Waals surface area contributed by atoms with E-state index in [4.69, 9.17) is 0 Å². The van der Waals surface area contributed by atoms with Crippen LogP contribution < -0.4 is 5.32 Å². The molecule has 0 aliphatic carbocycles. The Morgan fingerprint density at radius 1 is 0.969 bits per heavy atom. The van der Waals surface area contributed by atoms with Crippen molar-refractivity contribution in [1.82, 2.24) is 15.1 Å². The maximum absolute atomic E-state index is 13.6. The lowest BCUT2D eigenvalue weighted by molar-refractivity contribution is -0.138. The van der Waals surface area contributed by atoms with Gasteiger partial charge in [-0.05, 0) is 68.5 Å². The lowest BCUT2D eigenvalue weighted by atomic mass is 9.87. The Labute approximate surface area is 193 Å². The van der Waals surface area contributed by atoms with E-state index < -0.39 is 6.04 Å². The third-order valence-electron chi connectivity index (χ3n) is 6.70. The number of thiophene rings is 1. The van der Waals surface area contributed by atoms with Gasteiger partial charge in [0.25, 0.3) is 11.8 Å². The highest BCUT2D eigenvalue weighted by molar-refractivity contribution is 7.12. The van der Waals surface area contributed by atoms with E-state index in [1.54, 1.807) is 6.07 Å². The first-order valence-corrected chi connectivity index (χ1v) is 12.4. The predicted molar refractivity (Wildman–Crippen MR) is 126 cm³/mol. The van der Waals surface area contributed by atoms with Gasteiger partial charge >= 0.3 is 0 Å². The Kier molecular flexibility index (Phi) is 7.25. The molecule has 1 aromatic carbocycles. The van der Waals surface area contributed by atoms with Crippen LogP contribution in [0.25, 0.3) is 0 Å². The van der Waals surface area contributed by atoms with E-state index in [1.807, 2.05) is 51.6 Å². The molecule has 4 rings (SSSR count). The molecule has 6 nitrogen and oxygen atoms in total. The summed E-state index contributed by atoms with van der Waals surface area (Å²) in [5.74, 6) is -0.125. The van der Waals surface area contributed by atoms with Crippen molar-refractivity contribution in [1.29, 1.82) is 0 Å². The van der Waals surface area contributed by atoms with Gasteiger partial charge < -0.3 is 15.1 Å². The fourth-order valence-electron chi connectivity index (χ4n) is 4.80. The van der Waals surface area contributed by atoms with Gasteiger partial charge in [-0.1, -0.05) is 24.3 Å². The zero-order chi connectivity index (χ0) is 22.5. The molecule has 170 valence electrons. The van der Waals surface area contributed by atoms with Crippen molar-refractivity contribution in [3.05, 3.63) is 58.3 Å². The van der Waals surface area contributed by atoms with Crippen molar-refractivity contribution in [2.24, 2.45) is 5.92 Å². The predicted octanol–water partition coefficient (Wildman–Crippen LogP) is 3.80. The van der Waals surface area contributed by atoms with Crippen LogP contribution in [0.5, 0.6) is 0 Å². The molecule has 1 aromatic heterocycles. The largest absolute Gasteiger partial charge is 0.339 e. The highest BCUT2D eigenvalue weighted by atomic mass is 32.1. The first kappa shape index (κ1) is 22.5. The smallest absolute Gasteiger partial charge is 0.262 e. The van der Waals surface area contributed by atoms with Crippen LogP contribution in [0.4, 0.5) is 0 Å². The number of likely N-dealkylation sites (tertiary alicyclic amines) is 2. The standard InChI is InChI=1S/C25H31N3O3S/c1-18-8-5-6-14-28(18)25(31)22(26-23(29)21-11-7-17-32-21)19-12-15-27(16-13-19)24(30)20-9-3-2-4-10-20/h2-4,7,9-11,17-19,22H,5-6,8,12-16H2,1H3,(H,26,29). The number of hydrogen-bond donors (Lipinski definition) is 1. The minimum atomic E-state index is -0.556. The number of benzene rings is 1. The van der Waals surface area contributed by atoms with E-state index in [-0.39, 0.29) is 29.7 Å². The fraction of sp³-hybridized carbons (Fsp3) is 0.480. The average Bonchev–Trinajstić information content (AvgIpc) is 3.38. The highest BCUT2D eigenvalue weighted by Gasteiger charge is 2.38. The summed E-state index contributed by atoms with van der Waals surface area (Å²) in [6.45, 7) is 4.02. The van der Waals surface area contributed by atoms with Crippen molar-refractivity contribution < 1.29 is 14.4 Å². The van der Waals surface area contributed by atoms with Crippen molar-refractivity contribution >= 4 is 29.1 Å². The van der Waals surface area contributed by atoms with E-state index in [0.717, 1.165) is 25.8 Å². The van der Waals surface area contributed by atoms with Gasteiger partial charge in [0.2, 0.25) is 5.91 Å². The molecule has 2 unspecified atom stereocenters. The van der Waals surface area contributed by atoms with Gasteiger partial charge in [-0.3, -0.25) is 14.4 Å². The fourth-order valence-corrected chi connectivity index (χ4v) is 5.43. The molecule has 7 heteroatoms. The molecule has 2 aliphatic heterocycles. The minimum absolute atomic E-state index is 0.0142. The molecular weight excluding hydrogens is 422 g/mol. The number of carbonyl (C=O) groups is 3. The quantitative estimate of drug-likeness (QED) is 0.749. The number of amides is 3. The van der Waals surface area contributed by atoms with Crippen molar-refractivity contribution in [3.63, 3.8) is 0 Å². The molecule has 2 aromatic rings. The summed E-state index contributed by atoms with van der Waals surface area (Å²) in [5, 5.41) is 4.93. The molecular formula is C25H31N3O3S. The molecule has 32 heavy (non-hydrogen) atoms. The van der Waals surface area contributed by atoms with Crippen LogP contribution in [0.2, 0.25) is 0 Å². The Hall–Kier alpha value is -2.67. The normalized spacial score (nSPS) is 20.6. The maximum Gasteiger partial charge on any atom is 0.262 e. The molecule has 0 spiro atoms. The topological polar surface area (TPSA) is 69.7 Å². The second kappa shape index (κ2) is 10.3. The van der Waals surface area contributed by atoms with Crippen LogP contribution >= 0.6 is 11.3 Å². The molecule has 2 aliphatic rings. The van der Waals surface area contributed by atoms with E-state index in [1.165, 1.54) is 11.3 Å². The minimum Gasteiger partial charge on any atom is -0.339 e. The monoisotopic (exact) mass is 453 g/mol. The van der Waals surface area contributed by atoms with Crippen molar-refractivity contribution in [3.8, 4) is 0 Å². The Bertz CT molecular complexity index is 923. The van der Waals surface area contributed by atoms with Crippen molar-refractivity contribution in [2.75, 3.05) is 19.6 Å². The average molecular weight is 454 g/mol. The molecule has 0 radical (unpaired) electrons. The Morgan fingerprint density at radius 2 is 1.72 bits per heavy atom. The van der Waals surface area contributed by atoms with E-state index in [9.17, 15) is 14.4 Å². The van der Waals surface area contributed by atoms with Gasteiger partial charge in [-0.25, -0.2) is 0 Å². The van der Waals surface area contributed by atoms with Gasteiger partial charge in [-0.15, -0.1) is 11.3 Å². The number of nitrogens with zero attached hydrogens (tertiary/aromatic N) is 2. The second-order valence-corrected chi connectivity index (χ2v) is 9.75. The maximum atomic E-state index is 13.6. The summed E-state index contributed by atoms with van der Waals surface area (Å²) < 4.78 is 0. The zero-order valence-corrected chi connectivity index (χ0v) is 19.4. The molecule has 3 heterocycles. The molecule has 2 atom stereocenters. The summed E-state index contributed by atoms with van der Waals surface area (Å²) in [7, 11) is 0. The molecule has 2 saturated heterocycles. The third-order valence-corrected chi connectivity index (χ3v) is 7.57. The van der Waals surface area contributed by atoms with Crippen LogP contribution in [0, 0.1) is 5.92 Å². The number of nitrogens with one attached hydrogen (secondary N) is 1. The Balaban J connectivity index is 1.46. The zero-order valence-electron chi connectivity index (χ0n) is 18.5. The van der Waals surface area contributed by atoms with Gasteiger partial charge in [-0.2, -0.15) is 0 Å². The Morgan fingerprint density at radius 3 is 2.38 bits per heavy atom. The van der Waals surface area contributed by atoms with Crippen LogP contribution in [0.3, 0.4) is 0 Å². The second-order valence-electron chi connectivity index (χ2n) is 8.80. The van der Waals surface area contributed by atoms with E-state index in [2.05, 4.69) is 12.2 Å².